The molecule has 0 N–H and O–H groups in total. The summed E-state index contributed by atoms with van der Waals surface area (Å²) in [6, 6.07) is 0.984. The molecule has 1 aromatic carbocycles. The SMILES string of the molecule is Cc1cc(Cl)c(F)c(S(=O)(=O)Cl)c1F. The number of hydrogen-bond donors (Lipinski definition) is 0. The number of halogens is 4. The Hall–Kier alpha value is -0.390. The molecule has 0 bridgehead atoms. The van der Waals surface area contributed by atoms with E-state index in [1.165, 1.54) is 6.92 Å². The van der Waals surface area contributed by atoms with Gasteiger partial charge in [0.2, 0.25) is 0 Å². The van der Waals surface area contributed by atoms with E-state index in [-0.39, 0.29) is 5.56 Å². The molecule has 78 valence electrons. The van der Waals surface area contributed by atoms with Crippen LogP contribution in [-0.2, 0) is 9.05 Å². The monoisotopic (exact) mass is 260 g/mol. The lowest BCUT2D eigenvalue weighted by Gasteiger charge is -2.05. The van der Waals surface area contributed by atoms with Crippen molar-refractivity contribution in [1.82, 2.24) is 0 Å². The van der Waals surface area contributed by atoms with Crippen LogP contribution in [0.5, 0.6) is 0 Å². The molecule has 1 aromatic rings. The Morgan fingerprint density at radius 1 is 1.29 bits per heavy atom. The lowest BCUT2D eigenvalue weighted by atomic mass is 10.2. The summed E-state index contributed by atoms with van der Waals surface area (Å²) in [6.45, 7) is 1.26. The van der Waals surface area contributed by atoms with Crippen molar-refractivity contribution in [2.24, 2.45) is 0 Å². The highest BCUT2D eigenvalue weighted by molar-refractivity contribution is 8.13. The summed E-state index contributed by atoms with van der Waals surface area (Å²) in [6.07, 6.45) is 0. The molecule has 0 saturated heterocycles. The quantitative estimate of drug-likeness (QED) is 0.575. The van der Waals surface area contributed by atoms with E-state index in [1.54, 1.807) is 0 Å². The zero-order chi connectivity index (χ0) is 11.1. The second-order valence-electron chi connectivity index (χ2n) is 2.57. The average Bonchev–Trinajstić information content (AvgIpc) is 1.98. The first-order chi connectivity index (χ1) is 6.25. The molecule has 0 aliphatic heterocycles. The van der Waals surface area contributed by atoms with Gasteiger partial charge < -0.3 is 0 Å². The molecule has 0 aliphatic carbocycles. The van der Waals surface area contributed by atoms with Gasteiger partial charge in [-0.05, 0) is 18.6 Å². The standard InChI is InChI=1S/C7H4Cl2F2O2S/c1-3-2-4(8)6(11)7(5(3)10)14(9,12)13/h2H,1H3. The summed E-state index contributed by atoms with van der Waals surface area (Å²) in [5.74, 6) is -2.59. The topological polar surface area (TPSA) is 34.1 Å². The zero-order valence-corrected chi connectivity index (χ0v) is 9.14. The van der Waals surface area contributed by atoms with E-state index in [9.17, 15) is 17.2 Å². The van der Waals surface area contributed by atoms with Gasteiger partial charge in [-0.1, -0.05) is 11.6 Å². The van der Waals surface area contributed by atoms with Crippen LogP contribution in [0.1, 0.15) is 5.56 Å². The molecule has 0 spiro atoms. The predicted molar refractivity (Wildman–Crippen MR) is 49.1 cm³/mol. The number of rotatable bonds is 1. The van der Waals surface area contributed by atoms with Crippen LogP contribution in [0.4, 0.5) is 8.78 Å². The van der Waals surface area contributed by atoms with Gasteiger partial charge in [0.05, 0.1) is 5.02 Å². The molecule has 0 unspecified atom stereocenters. The van der Waals surface area contributed by atoms with Crippen LogP contribution >= 0.6 is 22.3 Å². The third-order valence-corrected chi connectivity index (χ3v) is 3.13. The van der Waals surface area contributed by atoms with E-state index in [0.717, 1.165) is 6.07 Å². The summed E-state index contributed by atoms with van der Waals surface area (Å²) in [7, 11) is 0.375. The minimum absolute atomic E-state index is 0.0874. The maximum absolute atomic E-state index is 13.2. The maximum Gasteiger partial charge on any atom is 0.267 e. The van der Waals surface area contributed by atoms with Gasteiger partial charge in [-0.2, -0.15) is 0 Å². The van der Waals surface area contributed by atoms with Gasteiger partial charge in [0.1, 0.15) is 5.82 Å². The highest BCUT2D eigenvalue weighted by Gasteiger charge is 2.25. The summed E-state index contributed by atoms with van der Waals surface area (Å²) in [4.78, 5) is -1.20. The molecule has 0 saturated carbocycles. The molecule has 0 aromatic heterocycles. The molecule has 1 rings (SSSR count). The molecule has 0 atom stereocenters. The van der Waals surface area contributed by atoms with Gasteiger partial charge in [-0.15, -0.1) is 0 Å². The molecule has 0 fully saturated rings. The van der Waals surface area contributed by atoms with E-state index < -0.39 is 30.6 Å². The largest absolute Gasteiger partial charge is 0.267 e. The fourth-order valence-corrected chi connectivity index (χ4v) is 2.33. The summed E-state index contributed by atoms with van der Waals surface area (Å²) >= 11 is 5.33. The van der Waals surface area contributed by atoms with Crippen LogP contribution in [0.15, 0.2) is 11.0 Å². The molecule has 0 radical (unpaired) electrons. The van der Waals surface area contributed by atoms with Crippen LogP contribution in [0.3, 0.4) is 0 Å². The van der Waals surface area contributed by atoms with Crippen LogP contribution in [0.25, 0.3) is 0 Å². The third kappa shape index (κ3) is 1.99. The Bertz CT molecular complexity index is 459. The van der Waals surface area contributed by atoms with Crippen molar-refractivity contribution in [1.29, 1.82) is 0 Å². The summed E-state index contributed by atoms with van der Waals surface area (Å²) < 4.78 is 47.9. The Kier molecular flexibility index (Phi) is 3.04. The molecule has 0 aliphatic rings. The van der Waals surface area contributed by atoms with Gasteiger partial charge in [0, 0.05) is 10.7 Å². The Balaban J connectivity index is 3.74. The van der Waals surface area contributed by atoms with Crippen molar-refractivity contribution in [3.8, 4) is 0 Å². The van der Waals surface area contributed by atoms with Gasteiger partial charge in [-0.25, -0.2) is 17.2 Å². The van der Waals surface area contributed by atoms with Gasteiger partial charge in [0.25, 0.3) is 9.05 Å². The third-order valence-electron chi connectivity index (χ3n) is 1.54. The molecule has 2 nitrogen and oxygen atoms in total. The van der Waals surface area contributed by atoms with Gasteiger partial charge in [0.15, 0.2) is 10.7 Å². The van der Waals surface area contributed by atoms with Crippen LogP contribution in [0.2, 0.25) is 5.02 Å². The molecule has 7 heteroatoms. The van der Waals surface area contributed by atoms with Crippen molar-refractivity contribution in [2.75, 3.05) is 0 Å². The Labute approximate surface area is 88.9 Å². The van der Waals surface area contributed by atoms with Crippen molar-refractivity contribution in [3.05, 3.63) is 28.3 Å². The smallest absolute Gasteiger partial charge is 0.207 e. The van der Waals surface area contributed by atoms with Crippen LogP contribution < -0.4 is 0 Å². The number of aryl methyl sites for hydroxylation is 1. The van der Waals surface area contributed by atoms with Crippen LogP contribution in [0, 0.1) is 18.6 Å². The lowest BCUT2D eigenvalue weighted by Crippen LogP contribution is -2.02. The highest BCUT2D eigenvalue weighted by atomic mass is 35.7. The molecular formula is C7H4Cl2F2O2S. The van der Waals surface area contributed by atoms with Crippen molar-refractivity contribution in [3.63, 3.8) is 0 Å². The normalized spacial score (nSPS) is 11.8. The van der Waals surface area contributed by atoms with Gasteiger partial charge in [-0.3, -0.25) is 0 Å². The fourth-order valence-electron chi connectivity index (χ4n) is 0.915. The zero-order valence-electron chi connectivity index (χ0n) is 6.81. The van der Waals surface area contributed by atoms with Crippen molar-refractivity contribution < 1.29 is 17.2 Å². The number of benzene rings is 1. The Morgan fingerprint density at radius 3 is 2.21 bits per heavy atom. The fraction of sp³-hybridized carbons (Fsp3) is 0.143. The molecule has 0 amide bonds. The highest BCUT2D eigenvalue weighted by Crippen LogP contribution is 2.29. The molecule has 0 heterocycles. The Morgan fingerprint density at radius 2 is 1.79 bits per heavy atom. The average molecular weight is 261 g/mol. The minimum atomic E-state index is -4.47. The summed E-state index contributed by atoms with van der Waals surface area (Å²) in [5.41, 5.74) is -0.0874. The van der Waals surface area contributed by atoms with E-state index >= 15 is 0 Å². The van der Waals surface area contributed by atoms with Gasteiger partial charge >= 0.3 is 0 Å². The first-order valence-electron chi connectivity index (χ1n) is 3.34. The minimum Gasteiger partial charge on any atom is -0.207 e. The predicted octanol–water partition coefficient (Wildman–Crippen LogP) is 2.85. The van der Waals surface area contributed by atoms with Crippen molar-refractivity contribution >= 4 is 31.3 Å². The van der Waals surface area contributed by atoms with E-state index in [1.807, 2.05) is 0 Å². The number of hydrogen-bond acceptors (Lipinski definition) is 2. The van der Waals surface area contributed by atoms with Crippen molar-refractivity contribution in [2.45, 2.75) is 11.8 Å². The van der Waals surface area contributed by atoms with E-state index in [2.05, 4.69) is 0 Å². The maximum atomic E-state index is 13.2. The lowest BCUT2D eigenvalue weighted by molar-refractivity contribution is 0.519. The second-order valence-corrected chi connectivity index (χ2v) is 5.48. The van der Waals surface area contributed by atoms with E-state index in [4.69, 9.17) is 22.3 Å². The van der Waals surface area contributed by atoms with Crippen LogP contribution in [-0.4, -0.2) is 8.42 Å². The molecular weight excluding hydrogens is 257 g/mol. The second kappa shape index (κ2) is 3.64. The van der Waals surface area contributed by atoms with E-state index in [0.29, 0.717) is 0 Å². The first-order valence-corrected chi connectivity index (χ1v) is 6.02. The first kappa shape index (κ1) is 11.7. The summed E-state index contributed by atoms with van der Waals surface area (Å²) in [5, 5.41) is -0.483. The molecule has 14 heavy (non-hydrogen) atoms.